The van der Waals surface area contributed by atoms with Gasteiger partial charge in [-0.1, -0.05) is 18.9 Å². The number of nitrogens with zero attached hydrogens (tertiary/aromatic N) is 1. The van der Waals surface area contributed by atoms with Crippen molar-refractivity contribution in [2.24, 2.45) is 5.92 Å². The van der Waals surface area contributed by atoms with Crippen LogP contribution in [-0.2, 0) is 4.79 Å². The van der Waals surface area contributed by atoms with E-state index in [0.29, 0.717) is 0 Å². The Kier molecular flexibility index (Phi) is 4.66. The Balaban J connectivity index is 2.14. The molecule has 1 N–H and O–H groups in total. The standard InChI is InChI=1S/C11H19NO2/c1-12(8-4-7-11(13)14)9-10-5-2-3-6-10/h4,7,10H,2-3,5-6,8-9H2,1H3,(H,13,14). The van der Waals surface area contributed by atoms with Gasteiger partial charge in [0, 0.05) is 19.2 Å². The van der Waals surface area contributed by atoms with Crippen LogP contribution in [0.25, 0.3) is 0 Å². The van der Waals surface area contributed by atoms with E-state index in [9.17, 15) is 4.79 Å². The van der Waals surface area contributed by atoms with Gasteiger partial charge in [-0.05, 0) is 25.8 Å². The fraction of sp³-hybridized carbons (Fsp3) is 0.727. The van der Waals surface area contributed by atoms with Crippen LogP contribution in [0, 0.1) is 5.92 Å². The topological polar surface area (TPSA) is 40.5 Å². The maximum Gasteiger partial charge on any atom is 0.328 e. The third-order valence-electron chi connectivity index (χ3n) is 2.72. The Labute approximate surface area is 85.4 Å². The molecule has 1 aliphatic carbocycles. The number of carboxylic acid groups (broad SMARTS) is 1. The first-order valence-electron chi connectivity index (χ1n) is 5.26. The van der Waals surface area contributed by atoms with E-state index in [2.05, 4.69) is 4.90 Å². The molecule has 1 fully saturated rings. The van der Waals surface area contributed by atoms with Crippen molar-refractivity contribution in [2.75, 3.05) is 20.1 Å². The first-order chi connectivity index (χ1) is 6.68. The third-order valence-corrected chi connectivity index (χ3v) is 2.72. The Morgan fingerprint density at radius 3 is 2.71 bits per heavy atom. The maximum absolute atomic E-state index is 10.2. The SMILES string of the molecule is CN(CC=CC(=O)O)CC1CCCC1. The van der Waals surface area contributed by atoms with E-state index in [-0.39, 0.29) is 0 Å². The fourth-order valence-electron chi connectivity index (χ4n) is 2.04. The van der Waals surface area contributed by atoms with E-state index < -0.39 is 5.97 Å². The molecule has 0 unspecified atom stereocenters. The highest BCUT2D eigenvalue weighted by Gasteiger charge is 2.15. The lowest BCUT2D eigenvalue weighted by atomic mass is 10.1. The summed E-state index contributed by atoms with van der Waals surface area (Å²) in [6.45, 7) is 1.84. The van der Waals surface area contributed by atoms with Crippen molar-refractivity contribution in [2.45, 2.75) is 25.7 Å². The molecule has 1 rings (SSSR count). The van der Waals surface area contributed by atoms with E-state index >= 15 is 0 Å². The molecule has 14 heavy (non-hydrogen) atoms. The number of aliphatic carboxylic acids is 1. The Hall–Kier alpha value is -0.830. The lowest BCUT2D eigenvalue weighted by Gasteiger charge is -2.18. The molecular weight excluding hydrogens is 178 g/mol. The molecule has 0 saturated heterocycles. The summed E-state index contributed by atoms with van der Waals surface area (Å²) in [5.41, 5.74) is 0. The zero-order chi connectivity index (χ0) is 10.4. The lowest BCUT2D eigenvalue weighted by Crippen LogP contribution is -2.24. The van der Waals surface area contributed by atoms with Crippen LogP contribution >= 0.6 is 0 Å². The van der Waals surface area contributed by atoms with Crippen LogP contribution in [0.15, 0.2) is 12.2 Å². The molecule has 0 bridgehead atoms. The minimum Gasteiger partial charge on any atom is -0.478 e. The number of carbonyl (C=O) groups is 1. The van der Waals surface area contributed by atoms with Crippen LogP contribution in [0.4, 0.5) is 0 Å². The summed E-state index contributed by atoms with van der Waals surface area (Å²) < 4.78 is 0. The monoisotopic (exact) mass is 197 g/mol. The maximum atomic E-state index is 10.2. The Morgan fingerprint density at radius 2 is 2.14 bits per heavy atom. The van der Waals surface area contributed by atoms with Crippen LogP contribution in [-0.4, -0.2) is 36.1 Å². The van der Waals surface area contributed by atoms with Crippen molar-refractivity contribution in [3.05, 3.63) is 12.2 Å². The normalized spacial score (nSPS) is 18.4. The van der Waals surface area contributed by atoms with E-state index in [0.717, 1.165) is 19.0 Å². The molecular formula is C11H19NO2. The molecule has 0 aromatic carbocycles. The van der Waals surface area contributed by atoms with Crippen molar-refractivity contribution in [3.63, 3.8) is 0 Å². The molecule has 0 aromatic heterocycles. The van der Waals surface area contributed by atoms with Crippen molar-refractivity contribution in [1.29, 1.82) is 0 Å². The highest BCUT2D eigenvalue weighted by Crippen LogP contribution is 2.24. The molecule has 0 spiro atoms. The summed E-state index contributed by atoms with van der Waals surface area (Å²) in [6, 6.07) is 0. The van der Waals surface area contributed by atoms with Gasteiger partial charge in [0.25, 0.3) is 0 Å². The molecule has 1 saturated carbocycles. The summed E-state index contributed by atoms with van der Waals surface area (Å²) in [6.07, 6.45) is 8.33. The van der Waals surface area contributed by atoms with Gasteiger partial charge in [0.1, 0.15) is 0 Å². The van der Waals surface area contributed by atoms with Gasteiger partial charge in [-0.3, -0.25) is 0 Å². The number of hydrogen-bond acceptors (Lipinski definition) is 2. The van der Waals surface area contributed by atoms with Crippen LogP contribution in [0.2, 0.25) is 0 Å². The van der Waals surface area contributed by atoms with Gasteiger partial charge in [0.05, 0.1) is 0 Å². The molecule has 0 aromatic rings. The van der Waals surface area contributed by atoms with Gasteiger partial charge in [-0.25, -0.2) is 4.79 Å². The van der Waals surface area contributed by atoms with Gasteiger partial charge < -0.3 is 10.0 Å². The van der Waals surface area contributed by atoms with E-state index in [1.807, 2.05) is 7.05 Å². The van der Waals surface area contributed by atoms with Crippen molar-refractivity contribution in [3.8, 4) is 0 Å². The van der Waals surface area contributed by atoms with Gasteiger partial charge in [0.15, 0.2) is 0 Å². The lowest BCUT2D eigenvalue weighted by molar-refractivity contribution is -0.131. The zero-order valence-corrected chi connectivity index (χ0v) is 8.78. The molecule has 0 amide bonds. The van der Waals surface area contributed by atoms with Gasteiger partial charge in [-0.2, -0.15) is 0 Å². The second kappa shape index (κ2) is 5.81. The smallest absolute Gasteiger partial charge is 0.328 e. The zero-order valence-electron chi connectivity index (χ0n) is 8.78. The molecule has 3 heteroatoms. The van der Waals surface area contributed by atoms with E-state index in [1.165, 1.54) is 31.8 Å². The van der Waals surface area contributed by atoms with Crippen molar-refractivity contribution >= 4 is 5.97 Å². The Bertz CT molecular complexity index is 207. The number of carboxylic acids is 1. The summed E-state index contributed by atoms with van der Waals surface area (Å²) in [7, 11) is 2.05. The van der Waals surface area contributed by atoms with Gasteiger partial charge in [0.2, 0.25) is 0 Å². The number of rotatable bonds is 5. The molecule has 0 radical (unpaired) electrons. The highest BCUT2D eigenvalue weighted by atomic mass is 16.4. The van der Waals surface area contributed by atoms with Crippen LogP contribution in [0.5, 0.6) is 0 Å². The van der Waals surface area contributed by atoms with Crippen molar-refractivity contribution in [1.82, 2.24) is 4.90 Å². The highest BCUT2D eigenvalue weighted by molar-refractivity contribution is 5.79. The summed E-state index contributed by atoms with van der Waals surface area (Å²) in [4.78, 5) is 12.4. The first-order valence-corrected chi connectivity index (χ1v) is 5.26. The molecule has 0 aliphatic heterocycles. The number of hydrogen-bond donors (Lipinski definition) is 1. The molecule has 3 nitrogen and oxygen atoms in total. The van der Waals surface area contributed by atoms with Gasteiger partial charge >= 0.3 is 5.97 Å². The van der Waals surface area contributed by atoms with Crippen molar-refractivity contribution < 1.29 is 9.90 Å². The second-order valence-electron chi connectivity index (χ2n) is 4.11. The average Bonchev–Trinajstić information content (AvgIpc) is 2.56. The van der Waals surface area contributed by atoms with Gasteiger partial charge in [-0.15, -0.1) is 0 Å². The summed E-state index contributed by atoms with van der Waals surface area (Å²) in [5.74, 6) is -0.0301. The minimum absolute atomic E-state index is 0.739. The summed E-state index contributed by atoms with van der Waals surface area (Å²) in [5, 5.41) is 8.41. The molecule has 0 atom stereocenters. The third kappa shape index (κ3) is 4.42. The average molecular weight is 197 g/mol. The van der Waals surface area contributed by atoms with Crippen LogP contribution in [0.1, 0.15) is 25.7 Å². The largest absolute Gasteiger partial charge is 0.478 e. The fourth-order valence-corrected chi connectivity index (χ4v) is 2.04. The van der Waals surface area contributed by atoms with E-state index in [1.54, 1.807) is 6.08 Å². The van der Waals surface area contributed by atoms with E-state index in [4.69, 9.17) is 5.11 Å². The first kappa shape index (κ1) is 11.2. The predicted octanol–water partition coefficient (Wildman–Crippen LogP) is 1.75. The molecule has 0 heterocycles. The number of likely N-dealkylation sites (N-methyl/N-ethyl adjacent to an activating group) is 1. The second-order valence-corrected chi connectivity index (χ2v) is 4.11. The minimum atomic E-state index is -0.862. The summed E-state index contributed by atoms with van der Waals surface area (Å²) >= 11 is 0. The quantitative estimate of drug-likeness (QED) is 0.683. The van der Waals surface area contributed by atoms with Crippen LogP contribution < -0.4 is 0 Å². The molecule has 1 aliphatic rings. The Morgan fingerprint density at radius 1 is 1.50 bits per heavy atom. The predicted molar refractivity (Wildman–Crippen MR) is 56.2 cm³/mol. The van der Waals surface area contributed by atoms with Crippen LogP contribution in [0.3, 0.4) is 0 Å². The molecule has 80 valence electrons.